The predicted octanol–water partition coefficient (Wildman–Crippen LogP) is 3.17. The van der Waals surface area contributed by atoms with E-state index in [1.807, 2.05) is 30.4 Å². The maximum atomic E-state index is 12.9. The zero-order valence-corrected chi connectivity index (χ0v) is 17.9. The molecular weight excluding hydrogens is 417 g/mol. The number of rotatable bonds is 7. The Morgan fingerprint density at radius 3 is 2.63 bits per heavy atom. The molecule has 1 atom stereocenters. The number of carbonyl (C=O) groups is 1. The number of thiophene rings is 1. The molecule has 0 saturated heterocycles. The van der Waals surface area contributed by atoms with Crippen molar-refractivity contribution in [1.29, 1.82) is 0 Å². The Kier molecular flexibility index (Phi) is 6.41. The average Bonchev–Trinajstić information content (AvgIpc) is 3.31. The highest BCUT2D eigenvalue weighted by molar-refractivity contribution is 7.07. The molecule has 162 valence electrons. The van der Waals surface area contributed by atoms with Crippen LogP contribution in [0.3, 0.4) is 0 Å². The van der Waals surface area contributed by atoms with E-state index >= 15 is 0 Å². The number of likely N-dealkylation sites (N-methyl/N-ethyl adjacent to an activating group) is 1. The van der Waals surface area contributed by atoms with Crippen LogP contribution in [0, 0.1) is 13.8 Å². The summed E-state index contributed by atoms with van der Waals surface area (Å²) in [5.74, 6) is -1.46. The van der Waals surface area contributed by atoms with Gasteiger partial charge in [-0.25, -0.2) is 9.50 Å². The van der Waals surface area contributed by atoms with Crippen LogP contribution in [0.25, 0.3) is 5.78 Å². The van der Waals surface area contributed by atoms with Gasteiger partial charge in [-0.05, 0) is 62.3 Å². The molecule has 0 radical (unpaired) electrons. The van der Waals surface area contributed by atoms with Crippen molar-refractivity contribution in [2.24, 2.45) is 0 Å². The van der Waals surface area contributed by atoms with Gasteiger partial charge >= 0.3 is 6.18 Å². The maximum Gasteiger partial charge on any atom is 0.453 e. The fourth-order valence-electron chi connectivity index (χ4n) is 3.29. The first-order valence-corrected chi connectivity index (χ1v) is 10.3. The molecule has 0 saturated carbocycles. The molecule has 0 aliphatic carbocycles. The van der Waals surface area contributed by atoms with Gasteiger partial charge in [0.15, 0.2) is 0 Å². The van der Waals surface area contributed by atoms with Gasteiger partial charge in [-0.2, -0.15) is 29.5 Å². The number of aryl methyl sites for hydroxylation is 2. The third-order valence-electron chi connectivity index (χ3n) is 4.95. The van der Waals surface area contributed by atoms with Crippen LogP contribution in [-0.4, -0.2) is 51.0 Å². The summed E-state index contributed by atoms with van der Waals surface area (Å²) in [6, 6.07) is 2.10. The lowest BCUT2D eigenvalue weighted by atomic mass is 10.1. The van der Waals surface area contributed by atoms with Crippen LogP contribution in [0.4, 0.5) is 13.2 Å². The van der Waals surface area contributed by atoms with E-state index in [0.29, 0.717) is 29.9 Å². The van der Waals surface area contributed by atoms with Gasteiger partial charge in [-0.15, -0.1) is 5.10 Å². The van der Waals surface area contributed by atoms with E-state index in [-0.39, 0.29) is 24.1 Å². The topological polar surface area (TPSA) is 75.4 Å². The Morgan fingerprint density at radius 2 is 2.03 bits per heavy atom. The monoisotopic (exact) mass is 440 g/mol. The smallest absolute Gasteiger partial charge is 0.354 e. The van der Waals surface area contributed by atoms with Crippen LogP contribution < -0.4 is 5.32 Å². The third-order valence-corrected chi connectivity index (χ3v) is 5.65. The molecule has 1 amide bonds. The van der Waals surface area contributed by atoms with E-state index < -0.39 is 12.0 Å². The number of halogens is 3. The molecule has 0 unspecified atom stereocenters. The highest BCUT2D eigenvalue weighted by Gasteiger charge is 2.37. The largest absolute Gasteiger partial charge is 0.453 e. The lowest BCUT2D eigenvalue weighted by Crippen LogP contribution is -2.34. The lowest BCUT2D eigenvalue weighted by Gasteiger charge is -2.24. The van der Waals surface area contributed by atoms with E-state index in [1.54, 1.807) is 25.2 Å². The fraction of sp³-hybridized carbons (Fsp3) is 0.474. The number of nitrogens with one attached hydrogen (secondary N) is 1. The summed E-state index contributed by atoms with van der Waals surface area (Å²) >= 11 is 1.60. The molecule has 0 aliphatic heterocycles. The van der Waals surface area contributed by atoms with Gasteiger partial charge in [-0.1, -0.05) is 0 Å². The minimum Gasteiger partial charge on any atom is -0.354 e. The summed E-state index contributed by atoms with van der Waals surface area (Å²) in [7, 11) is 3.91. The second-order valence-corrected chi connectivity index (χ2v) is 8.03. The summed E-state index contributed by atoms with van der Waals surface area (Å²) in [5.41, 5.74) is 2.87. The zero-order valence-electron chi connectivity index (χ0n) is 17.1. The Hall–Kier alpha value is -2.53. The van der Waals surface area contributed by atoms with Crippen molar-refractivity contribution in [3.8, 4) is 0 Å². The molecule has 3 aromatic rings. The molecule has 11 heteroatoms. The van der Waals surface area contributed by atoms with Gasteiger partial charge in [0.1, 0.15) is 0 Å². The van der Waals surface area contributed by atoms with Crippen molar-refractivity contribution in [2.75, 3.05) is 20.6 Å². The van der Waals surface area contributed by atoms with E-state index in [2.05, 4.69) is 25.8 Å². The summed E-state index contributed by atoms with van der Waals surface area (Å²) in [4.78, 5) is 22.0. The number of hydrogen-bond donors (Lipinski definition) is 1. The molecule has 30 heavy (non-hydrogen) atoms. The van der Waals surface area contributed by atoms with Crippen LogP contribution in [-0.2, 0) is 17.4 Å². The van der Waals surface area contributed by atoms with Crippen molar-refractivity contribution in [3.05, 3.63) is 45.2 Å². The molecule has 0 aliphatic rings. The molecule has 7 nitrogen and oxygen atoms in total. The van der Waals surface area contributed by atoms with Gasteiger partial charge in [0.2, 0.25) is 5.91 Å². The highest BCUT2D eigenvalue weighted by atomic mass is 32.1. The first-order valence-electron chi connectivity index (χ1n) is 9.33. The van der Waals surface area contributed by atoms with E-state index in [0.717, 1.165) is 10.1 Å². The van der Waals surface area contributed by atoms with Crippen molar-refractivity contribution in [1.82, 2.24) is 29.8 Å². The maximum absolute atomic E-state index is 12.9. The second kappa shape index (κ2) is 8.68. The SMILES string of the molecule is Cc1nc2nc(C(F)(F)F)nn2c(C)c1CCC(=O)NC[C@H](c1ccsc1)N(C)C. The number of alkyl halides is 3. The minimum absolute atomic E-state index is 0.0672. The highest BCUT2D eigenvalue weighted by Crippen LogP contribution is 2.27. The zero-order chi connectivity index (χ0) is 22.1. The van der Waals surface area contributed by atoms with Gasteiger partial charge in [0, 0.05) is 24.4 Å². The van der Waals surface area contributed by atoms with Crippen molar-refractivity contribution < 1.29 is 18.0 Å². The number of aromatic nitrogens is 4. The van der Waals surface area contributed by atoms with Gasteiger partial charge in [-0.3, -0.25) is 4.79 Å². The Morgan fingerprint density at radius 1 is 1.30 bits per heavy atom. The molecular formula is C19H23F3N6OS. The summed E-state index contributed by atoms with van der Waals surface area (Å²) in [6.45, 7) is 3.82. The first kappa shape index (κ1) is 22.2. The molecule has 3 heterocycles. The van der Waals surface area contributed by atoms with E-state index in [4.69, 9.17) is 0 Å². The fourth-order valence-corrected chi connectivity index (χ4v) is 4.00. The minimum atomic E-state index is -4.64. The predicted molar refractivity (Wildman–Crippen MR) is 107 cm³/mol. The molecule has 0 aromatic carbocycles. The second-order valence-electron chi connectivity index (χ2n) is 7.25. The molecule has 3 rings (SSSR count). The Bertz CT molecular complexity index is 1030. The molecule has 0 fully saturated rings. The lowest BCUT2D eigenvalue weighted by molar-refractivity contribution is -0.144. The van der Waals surface area contributed by atoms with Crippen molar-refractivity contribution in [2.45, 2.75) is 38.9 Å². The molecule has 3 aromatic heterocycles. The number of fused-ring (bicyclic) bond motifs is 1. The van der Waals surface area contributed by atoms with Gasteiger partial charge < -0.3 is 10.2 Å². The Labute approximate surface area is 175 Å². The molecule has 0 bridgehead atoms. The normalized spacial score (nSPS) is 13.2. The number of hydrogen-bond acceptors (Lipinski definition) is 6. The van der Waals surface area contributed by atoms with Crippen LogP contribution in [0.2, 0.25) is 0 Å². The molecule has 0 spiro atoms. The first-order chi connectivity index (χ1) is 14.1. The van der Waals surface area contributed by atoms with Crippen LogP contribution in [0.1, 0.15) is 40.8 Å². The molecule has 1 N–H and O–H groups in total. The Balaban J connectivity index is 1.68. The summed E-state index contributed by atoms with van der Waals surface area (Å²) in [6.07, 6.45) is -4.10. The number of amides is 1. The number of nitrogens with zero attached hydrogens (tertiary/aromatic N) is 5. The standard InChI is InChI=1S/C19H23F3N6OS/c1-11-14(12(2)28-18(24-11)25-17(26-28)19(20,21)22)5-6-16(29)23-9-15(27(3)4)13-7-8-30-10-13/h7-8,10,15H,5-6,9H2,1-4H3,(H,23,29)/t15-/m1/s1. The summed E-state index contributed by atoms with van der Waals surface area (Å²) < 4.78 is 39.8. The quantitative estimate of drug-likeness (QED) is 0.611. The van der Waals surface area contributed by atoms with Gasteiger partial charge in [0.05, 0.1) is 6.04 Å². The average molecular weight is 440 g/mol. The van der Waals surface area contributed by atoms with Crippen molar-refractivity contribution in [3.63, 3.8) is 0 Å². The summed E-state index contributed by atoms with van der Waals surface area (Å²) in [5, 5.41) is 10.5. The van der Waals surface area contributed by atoms with Gasteiger partial charge in [0.25, 0.3) is 11.6 Å². The van der Waals surface area contributed by atoms with E-state index in [9.17, 15) is 18.0 Å². The van der Waals surface area contributed by atoms with Crippen LogP contribution >= 0.6 is 11.3 Å². The van der Waals surface area contributed by atoms with Crippen LogP contribution in [0.15, 0.2) is 16.8 Å². The van der Waals surface area contributed by atoms with Crippen LogP contribution in [0.5, 0.6) is 0 Å². The van der Waals surface area contributed by atoms with Crippen molar-refractivity contribution >= 4 is 23.0 Å². The van der Waals surface area contributed by atoms with E-state index in [1.165, 1.54) is 0 Å². The number of carbonyl (C=O) groups excluding carboxylic acids is 1. The third kappa shape index (κ3) is 4.78.